The zero-order valence-electron chi connectivity index (χ0n) is 10.7. The average Bonchev–Trinajstić information content (AvgIpc) is 2.36. The van der Waals surface area contributed by atoms with E-state index in [-0.39, 0.29) is 5.56 Å². The molecule has 0 saturated heterocycles. The van der Waals surface area contributed by atoms with Crippen molar-refractivity contribution in [1.82, 2.24) is 9.99 Å². The van der Waals surface area contributed by atoms with Crippen LogP contribution in [0, 0.1) is 6.92 Å². The lowest BCUT2D eigenvalue weighted by Crippen LogP contribution is -2.25. The molecule has 1 aromatic carbocycles. The maximum Gasteiger partial charge on any atom is 0.258 e. The minimum absolute atomic E-state index is 0.0639. The van der Waals surface area contributed by atoms with Crippen molar-refractivity contribution in [2.24, 2.45) is 5.10 Å². The van der Waals surface area contributed by atoms with Crippen LogP contribution in [0.5, 0.6) is 0 Å². The fraction of sp³-hybridized carbons (Fsp3) is 0.286. The lowest BCUT2D eigenvalue weighted by atomic mass is 10.1. The quantitative estimate of drug-likeness (QED) is 0.659. The standard InChI is InChI=1S/C14H17N3O/c1-4-17-12(9-16-15-3)8-11-7-5-6-10(2)13(11)14(17)18/h5-8,16H,3-4,9H2,1-2H3. The second kappa shape index (κ2) is 5.04. The molecule has 0 aliphatic rings. The first kappa shape index (κ1) is 12.4. The molecule has 0 aliphatic carbocycles. The molecule has 4 nitrogen and oxygen atoms in total. The van der Waals surface area contributed by atoms with Crippen LogP contribution in [0.25, 0.3) is 10.8 Å². The molecule has 0 amide bonds. The Balaban J connectivity index is 2.73. The zero-order chi connectivity index (χ0) is 13.1. The highest BCUT2D eigenvalue weighted by Crippen LogP contribution is 2.16. The summed E-state index contributed by atoms with van der Waals surface area (Å²) in [5.41, 5.74) is 4.80. The van der Waals surface area contributed by atoms with Crippen molar-refractivity contribution in [3.8, 4) is 0 Å². The third-order valence-corrected chi connectivity index (χ3v) is 3.12. The third kappa shape index (κ3) is 2.01. The molecule has 2 aromatic rings. The summed E-state index contributed by atoms with van der Waals surface area (Å²) in [6.07, 6.45) is 0. The summed E-state index contributed by atoms with van der Waals surface area (Å²) >= 11 is 0. The van der Waals surface area contributed by atoms with Gasteiger partial charge in [-0.3, -0.25) is 4.79 Å². The number of rotatable bonds is 4. The lowest BCUT2D eigenvalue weighted by Gasteiger charge is -2.13. The fourth-order valence-corrected chi connectivity index (χ4v) is 2.26. The molecule has 0 fully saturated rings. The zero-order valence-corrected chi connectivity index (χ0v) is 10.7. The number of pyridine rings is 1. The molecule has 4 heteroatoms. The van der Waals surface area contributed by atoms with Crippen molar-refractivity contribution in [2.45, 2.75) is 26.9 Å². The van der Waals surface area contributed by atoms with Crippen LogP contribution in [0.2, 0.25) is 0 Å². The Bertz CT molecular complexity index is 643. The number of nitrogens with one attached hydrogen (secondary N) is 1. The number of hydrogen-bond acceptors (Lipinski definition) is 3. The molecule has 18 heavy (non-hydrogen) atoms. The Hall–Kier alpha value is -2.10. The van der Waals surface area contributed by atoms with E-state index in [4.69, 9.17) is 0 Å². The number of hydrazone groups is 1. The van der Waals surface area contributed by atoms with Gasteiger partial charge >= 0.3 is 0 Å². The molecule has 1 N–H and O–H groups in total. The van der Waals surface area contributed by atoms with E-state index in [9.17, 15) is 4.79 Å². The van der Waals surface area contributed by atoms with Crippen LogP contribution in [0.3, 0.4) is 0 Å². The van der Waals surface area contributed by atoms with Crippen molar-refractivity contribution < 1.29 is 0 Å². The molecular weight excluding hydrogens is 226 g/mol. The predicted molar refractivity (Wildman–Crippen MR) is 75.0 cm³/mol. The second-order valence-corrected chi connectivity index (χ2v) is 4.22. The molecule has 0 bridgehead atoms. The van der Waals surface area contributed by atoms with Crippen molar-refractivity contribution in [1.29, 1.82) is 0 Å². The Morgan fingerprint density at radius 1 is 1.44 bits per heavy atom. The summed E-state index contributed by atoms with van der Waals surface area (Å²) in [6.45, 7) is 8.48. The molecule has 0 atom stereocenters. The monoisotopic (exact) mass is 243 g/mol. The van der Waals surface area contributed by atoms with Gasteiger partial charge in [-0.25, -0.2) is 0 Å². The average molecular weight is 243 g/mol. The van der Waals surface area contributed by atoms with Crippen LogP contribution in [0.4, 0.5) is 0 Å². The van der Waals surface area contributed by atoms with Crippen molar-refractivity contribution >= 4 is 17.5 Å². The number of nitrogens with zero attached hydrogens (tertiary/aromatic N) is 2. The minimum atomic E-state index is 0.0639. The van der Waals surface area contributed by atoms with Crippen LogP contribution >= 0.6 is 0 Å². The van der Waals surface area contributed by atoms with E-state index in [1.54, 1.807) is 4.57 Å². The molecule has 0 spiro atoms. The van der Waals surface area contributed by atoms with Crippen molar-refractivity contribution in [2.75, 3.05) is 0 Å². The van der Waals surface area contributed by atoms with Gasteiger partial charge in [0.2, 0.25) is 0 Å². The molecule has 0 saturated carbocycles. The second-order valence-electron chi connectivity index (χ2n) is 4.22. The topological polar surface area (TPSA) is 46.4 Å². The SMILES string of the molecule is C=NNCc1cc2cccc(C)c2c(=O)n1CC. The van der Waals surface area contributed by atoms with Gasteiger partial charge in [0.05, 0.1) is 11.9 Å². The maximum absolute atomic E-state index is 12.5. The molecule has 2 rings (SSSR count). The van der Waals surface area contributed by atoms with E-state index < -0.39 is 0 Å². The Labute approximate surface area is 106 Å². The smallest absolute Gasteiger partial charge is 0.258 e. The normalized spacial score (nSPS) is 10.6. The van der Waals surface area contributed by atoms with E-state index in [1.807, 2.05) is 38.1 Å². The third-order valence-electron chi connectivity index (χ3n) is 3.12. The van der Waals surface area contributed by atoms with Gasteiger partial charge in [-0.05, 0) is 30.9 Å². The molecule has 0 unspecified atom stereocenters. The van der Waals surface area contributed by atoms with Gasteiger partial charge in [0.25, 0.3) is 5.56 Å². The molecular formula is C14H17N3O. The van der Waals surface area contributed by atoms with Gasteiger partial charge < -0.3 is 9.99 Å². The summed E-state index contributed by atoms with van der Waals surface area (Å²) in [6, 6.07) is 7.93. The van der Waals surface area contributed by atoms with Crippen molar-refractivity contribution in [3.05, 3.63) is 45.9 Å². The molecule has 1 aromatic heterocycles. The van der Waals surface area contributed by atoms with Gasteiger partial charge in [0.1, 0.15) is 0 Å². The first-order valence-corrected chi connectivity index (χ1v) is 5.99. The van der Waals surface area contributed by atoms with Crippen LogP contribution in [-0.4, -0.2) is 11.3 Å². The van der Waals surface area contributed by atoms with E-state index in [0.717, 1.165) is 22.0 Å². The molecule has 0 radical (unpaired) electrons. The number of aromatic nitrogens is 1. The molecule has 94 valence electrons. The van der Waals surface area contributed by atoms with E-state index >= 15 is 0 Å². The van der Waals surface area contributed by atoms with Crippen LogP contribution in [-0.2, 0) is 13.1 Å². The van der Waals surface area contributed by atoms with Crippen molar-refractivity contribution in [3.63, 3.8) is 0 Å². The van der Waals surface area contributed by atoms with Crippen LogP contribution in [0.15, 0.2) is 34.2 Å². The fourth-order valence-electron chi connectivity index (χ4n) is 2.26. The highest BCUT2D eigenvalue weighted by Gasteiger charge is 2.09. The van der Waals surface area contributed by atoms with E-state index in [1.165, 1.54) is 0 Å². The Morgan fingerprint density at radius 3 is 2.89 bits per heavy atom. The van der Waals surface area contributed by atoms with Gasteiger partial charge in [-0.2, -0.15) is 5.10 Å². The number of aryl methyl sites for hydroxylation is 1. The van der Waals surface area contributed by atoms with E-state index in [0.29, 0.717) is 13.1 Å². The summed E-state index contributed by atoms with van der Waals surface area (Å²) in [4.78, 5) is 12.5. The van der Waals surface area contributed by atoms with Crippen LogP contribution < -0.4 is 11.0 Å². The van der Waals surface area contributed by atoms with Gasteiger partial charge in [-0.1, -0.05) is 18.2 Å². The highest BCUT2D eigenvalue weighted by molar-refractivity contribution is 5.85. The first-order chi connectivity index (χ1) is 8.69. The summed E-state index contributed by atoms with van der Waals surface area (Å²) in [7, 11) is 0. The first-order valence-electron chi connectivity index (χ1n) is 5.99. The lowest BCUT2D eigenvalue weighted by molar-refractivity contribution is 0.632. The van der Waals surface area contributed by atoms with Crippen LogP contribution in [0.1, 0.15) is 18.2 Å². The number of hydrogen-bond donors (Lipinski definition) is 1. The summed E-state index contributed by atoms with van der Waals surface area (Å²) in [5.74, 6) is 0. The minimum Gasteiger partial charge on any atom is -0.310 e. The van der Waals surface area contributed by atoms with Gasteiger partial charge in [0, 0.05) is 19.0 Å². The summed E-state index contributed by atoms with van der Waals surface area (Å²) < 4.78 is 1.77. The number of fused-ring (bicyclic) bond motifs is 1. The predicted octanol–water partition coefficient (Wildman–Crippen LogP) is 2.04. The number of benzene rings is 1. The highest BCUT2D eigenvalue weighted by atomic mass is 16.1. The Kier molecular flexibility index (Phi) is 3.46. The molecule has 1 heterocycles. The van der Waals surface area contributed by atoms with Gasteiger partial charge in [-0.15, -0.1) is 0 Å². The summed E-state index contributed by atoms with van der Waals surface area (Å²) in [5, 5.41) is 5.40. The molecule has 0 aliphatic heterocycles. The van der Waals surface area contributed by atoms with Gasteiger partial charge in [0.15, 0.2) is 0 Å². The maximum atomic E-state index is 12.5. The van der Waals surface area contributed by atoms with E-state index in [2.05, 4.69) is 17.2 Å². The largest absolute Gasteiger partial charge is 0.310 e. The Morgan fingerprint density at radius 2 is 2.22 bits per heavy atom.